The van der Waals surface area contributed by atoms with Gasteiger partial charge in [-0.05, 0) is 60.4 Å². The molecule has 5 rings (SSSR count). The number of aliphatic hydroxyl groups is 1. The van der Waals surface area contributed by atoms with E-state index in [1.165, 1.54) is 44.1 Å². The third-order valence-electron chi connectivity index (χ3n) is 7.78. The first-order chi connectivity index (χ1) is 20.7. The molecule has 0 bridgehead atoms. The lowest BCUT2D eigenvalue weighted by atomic mass is 9.86. The number of para-hydroxylation sites is 2. The Hall–Kier alpha value is -3.81. The molecule has 0 saturated carbocycles. The van der Waals surface area contributed by atoms with Crippen molar-refractivity contribution in [1.29, 1.82) is 0 Å². The first kappa shape index (κ1) is 29.7. The molecule has 0 aromatic heterocycles. The molecular formula is C36H42N2O4+2. The normalized spacial score (nSPS) is 15.5. The van der Waals surface area contributed by atoms with E-state index < -0.39 is 0 Å². The van der Waals surface area contributed by atoms with Gasteiger partial charge in [0.1, 0.15) is 37.4 Å². The lowest BCUT2D eigenvalue weighted by molar-refractivity contribution is -0.736. The number of quaternary nitrogens is 1. The van der Waals surface area contributed by atoms with Gasteiger partial charge in [0.05, 0.1) is 26.9 Å². The number of allylic oxidation sites excluding steroid dienone is 5. The van der Waals surface area contributed by atoms with Crippen LogP contribution in [0.2, 0.25) is 0 Å². The smallest absolute Gasteiger partial charge is 0.199 e. The van der Waals surface area contributed by atoms with Gasteiger partial charge in [-0.25, -0.2) is 4.58 Å². The molecule has 2 N–H and O–H groups in total. The highest BCUT2D eigenvalue weighted by atomic mass is 16.5. The summed E-state index contributed by atoms with van der Waals surface area (Å²) in [6.07, 6.45) is 10.5. The number of aryl methyl sites for hydroxylation is 1. The molecule has 0 fully saturated rings. The summed E-state index contributed by atoms with van der Waals surface area (Å²) in [5.41, 5.74) is 10.1. The number of nitrogens with one attached hydrogen (secondary N) is 1. The molecule has 3 aromatic carbocycles. The number of hydrogen-bond acceptors (Lipinski definition) is 4. The van der Waals surface area contributed by atoms with Gasteiger partial charge >= 0.3 is 0 Å². The molecule has 3 aromatic rings. The third-order valence-corrected chi connectivity index (χ3v) is 7.78. The van der Waals surface area contributed by atoms with Gasteiger partial charge in [0.15, 0.2) is 12.3 Å². The van der Waals surface area contributed by atoms with Crippen LogP contribution in [0.4, 0.5) is 11.4 Å². The highest BCUT2D eigenvalue weighted by Crippen LogP contribution is 2.39. The van der Waals surface area contributed by atoms with Crippen molar-refractivity contribution in [2.24, 2.45) is 0 Å². The summed E-state index contributed by atoms with van der Waals surface area (Å²) < 4.78 is 19.4. The molecule has 42 heavy (non-hydrogen) atoms. The van der Waals surface area contributed by atoms with Crippen LogP contribution >= 0.6 is 0 Å². The second-order valence-corrected chi connectivity index (χ2v) is 10.6. The quantitative estimate of drug-likeness (QED) is 0.236. The Kier molecular flexibility index (Phi) is 10.5. The van der Waals surface area contributed by atoms with Crippen LogP contribution in [-0.2, 0) is 15.9 Å². The van der Waals surface area contributed by atoms with Gasteiger partial charge in [0, 0.05) is 47.6 Å². The van der Waals surface area contributed by atoms with Crippen LogP contribution < -0.4 is 9.64 Å². The molecule has 6 heteroatoms. The van der Waals surface area contributed by atoms with Gasteiger partial charge in [-0.2, -0.15) is 0 Å². The molecule has 0 radical (unpaired) electrons. The van der Waals surface area contributed by atoms with Gasteiger partial charge in [-0.1, -0.05) is 36.4 Å². The minimum atomic E-state index is 0.217. The van der Waals surface area contributed by atoms with E-state index in [4.69, 9.17) is 19.3 Å². The van der Waals surface area contributed by atoms with Gasteiger partial charge < -0.3 is 19.3 Å². The largest absolute Gasteiger partial charge is 0.491 e. The molecule has 0 saturated heterocycles. The maximum Gasteiger partial charge on any atom is 0.199 e. The van der Waals surface area contributed by atoms with Crippen molar-refractivity contribution in [1.82, 2.24) is 0 Å². The molecule has 6 nitrogen and oxygen atoms in total. The molecule has 0 spiro atoms. The van der Waals surface area contributed by atoms with Crippen LogP contribution in [0.15, 0.2) is 103 Å². The second-order valence-electron chi connectivity index (χ2n) is 10.6. The lowest BCUT2D eigenvalue weighted by Crippen LogP contribution is -2.99. The van der Waals surface area contributed by atoms with E-state index in [9.17, 15) is 0 Å². The third kappa shape index (κ3) is 7.33. The molecule has 0 atom stereocenters. The van der Waals surface area contributed by atoms with Crippen LogP contribution in [0.25, 0.3) is 5.57 Å². The van der Waals surface area contributed by atoms with E-state index >= 15 is 0 Å². The van der Waals surface area contributed by atoms with Crippen LogP contribution in [0.1, 0.15) is 23.1 Å². The van der Waals surface area contributed by atoms with E-state index in [1.54, 1.807) is 0 Å². The summed E-state index contributed by atoms with van der Waals surface area (Å²) in [4.78, 5) is 1.33. The van der Waals surface area contributed by atoms with E-state index in [1.807, 2.05) is 24.3 Å². The first-order valence-corrected chi connectivity index (χ1v) is 14.9. The summed E-state index contributed by atoms with van der Waals surface area (Å²) in [6.45, 7) is 3.77. The zero-order valence-corrected chi connectivity index (χ0v) is 24.7. The maximum atomic E-state index is 8.94. The van der Waals surface area contributed by atoms with Crippen LogP contribution in [-0.4, -0.2) is 75.7 Å². The molecular weight excluding hydrogens is 524 g/mol. The molecule has 2 aliphatic rings. The van der Waals surface area contributed by atoms with Gasteiger partial charge in [0.2, 0.25) is 0 Å². The summed E-state index contributed by atoms with van der Waals surface area (Å²) >= 11 is 0. The average Bonchev–Trinajstić information content (AvgIpc) is 3.04. The van der Waals surface area contributed by atoms with Crippen molar-refractivity contribution in [3.05, 3.63) is 119 Å². The number of likely N-dealkylation sites (N-methyl/N-ethyl adjacent to an activating group) is 1. The zero-order valence-electron chi connectivity index (χ0n) is 24.7. The number of ether oxygens (including phenoxy) is 3. The van der Waals surface area contributed by atoms with Gasteiger partial charge in [-0.3, -0.25) is 4.90 Å². The highest BCUT2D eigenvalue weighted by molar-refractivity contribution is 6.04. The van der Waals surface area contributed by atoms with Gasteiger partial charge in [0.25, 0.3) is 0 Å². The highest BCUT2D eigenvalue weighted by Gasteiger charge is 2.29. The fourth-order valence-electron chi connectivity index (χ4n) is 5.45. The van der Waals surface area contributed by atoms with Crippen molar-refractivity contribution in [2.45, 2.75) is 12.8 Å². The van der Waals surface area contributed by atoms with Crippen molar-refractivity contribution in [2.75, 3.05) is 60.3 Å². The Morgan fingerprint density at radius 2 is 1.31 bits per heavy atom. The van der Waals surface area contributed by atoms with E-state index in [-0.39, 0.29) is 6.61 Å². The minimum Gasteiger partial charge on any atom is -0.491 e. The standard InChI is InChI=1S/C36H41N2O4/c1-37(21-23-40-24-25-41-26-27-42-31-19-13-28(14-20-31)8-7-22-39)30-17-15-29(16-18-30)36-32-9-3-5-11-34(32)38(2)35-12-6-4-10-33(35)36/h3-6,9-20,39H,7-8,21-27H2,1-2H3/q+1/p+1. The summed E-state index contributed by atoms with van der Waals surface area (Å²) in [7, 11) is 4.32. The minimum absolute atomic E-state index is 0.217. The fraction of sp³-hybridized carbons (Fsp3) is 0.306. The molecule has 1 heterocycles. The number of fused-ring (bicyclic) bond motifs is 2. The Morgan fingerprint density at radius 3 is 1.95 bits per heavy atom. The van der Waals surface area contributed by atoms with E-state index in [0.29, 0.717) is 33.0 Å². The number of hydrogen-bond donors (Lipinski definition) is 2. The van der Waals surface area contributed by atoms with E-state index in [0.717, 1.165) is 30.8 Å². The zero-order chi connectivity index (χ0) is 29.1. The van der Waals surface area contributed by atoms with Crippen molar-refractivity contribution >= 4 is 22.7 Å². The summed E-state index contributed by atoms with van der Waals surface area (Å²) in [5.74, 6) is 0.833. The SMILES string of the molecule is C[N+](CCOCCOCCOc1ccc(CCCO)cc1)=C1C=CC(=C2c3ccccc3[NH+](C)c3ccccc32)C=C1. The van der Waals surface area contributed by atoms with Crippen LogP contribution in [0.5, 0.6) is 5.75 Å². The lowest BCUT2D eigenvalue weighted by Gasteiger charge is -2.27. The van der Waals surface area contributed by atoms with E-state index in [2.05, 4.69) is 91.5 Å². The second kappa shape index (κ2) is 14.9. The Labute approximate surface area is 249 Å². The van der Waals surface area contributed by atoms with Crippen LogP contribution in [0, 0.1) is 0 Å². The molecule has 1 aliphatic carbocycles. The fourth-order valence-corrected chi connectivity index (χ4v) is 5.45. The maximum absolute atomic E-state index is 8.94. The topological polar surface area (TPSA) is 55.4 Å². The monoisotopic (exact) mass is 566 g/mol. The summed E-state index contributed by atoms with van der Waals surface area (Å²) in [6, 6.07) is 25.4. The first-order valence-electron chi connectivity index (χ1n) is 14.9. The molecule has 218 valence electrons. The predicted octanol–water partition coefficient (Wildman–Crippen LogP) is 4.53. The molecule has 0 amide bonds. The van der Waals surface area contributed by atoms with Crippen LogP contribution in [0.3, 0.4) is 0 Å². The Morgan fingerprint density at radius 1 is 0.714 bits per heavy atom. The van der Waals surface area contributed by atoms with Gasteiger partial charge in [-0.15, -0.1) is 0 Å². The Bertz CT molecular complexity index is 1400. The molecule has 1 aliphatic heterocycles. The predicted molar refractivity (Wildman–Crippen MR) is 168 cm³/mol. The number of aliphatic hydroxyl groups excluding tert-OH is 1. The van der Waals surface area contributed by atoms with Crippen molar-refractivity contribution in [3.63, 3.8) is 0 Å². The summed E-state index contributed by atoms with van der Waals surface area (Å²) in [5, 5.41) is 8.94. The number of benzene rings is 3. The number of nitrogens with zero attached hydrogens (tertiary/aromatic N) is 1. The molecule has 0 unspecified atom stereocenters. The average molecular weight is 567 g/mol. The number of rotatable bonds is 13. The Balaban J connectivity index is 1.06. The van der Waals surface area contributed by atoms with Crippen molar-refractivity contribution in [3.8, 4) is 5.75 Å². The van der Waals surface area contributed by atoms with Crippen molar-refractivity contribution < 1.29 is 28.8 Å².